The summed E-state index contributed by atoms with van der Waals surface area (Å²) in [4.78, 5) is 34.8. The highest BCUT2D eigenvalue weighted by Gasteiger charge is 2.24. The lowest BCUT2D eigenvalue weighted by Gasteiger charge is -2.15. The zero-order chi connectivity index (χ0) is 24.7. The van der Waals surface area contributed by atoms with E-state index in [4.69, 9.17) is 14.6 Å². The van der Waals surface area contributed by atoms with Crippen LogP contribution in [0.25, 0.3) is 0 Å². The molecule has 9 nitrogen and oxygen atoms in total. The fourth-order valence-electron chi connectivity index (χ4n) is 2.88. The first-order chi connectivity index (χ1) is 16.1. The number of benzene rings is 3. The molecule has 0 unspecified atom stereocenters. The summed E-state index contributed by atoms with van der Waals surface area (Å²) < 4.78 is 10.9. The van der Waals surface area contributed by atoms with Crippen LogP contribution in [-0.4, -0.2) is 33.8 Å². The maximum Gasteiger partial charge on any atom is 0.411 e. The van der Waals surface area contributed by atoms with Crippen LogP contribution < -0.4 is 15.4 Å². The van der Waals surface area contributed by atoms with Gasteiger partial charge in [-0.25, -0.2) is 9.59 Å². The van der Waals surface area contributed by atoms with Crippen molar-refractivity contribution in [3.05, 3.63) is 83.9 Å². The van der Waals surface area contributed by atoms with E-state index in [1.165, 1.54) is 13.8 Å². The molecule has 0 atom stereocenters. The third-order valence-electron chi connectivity index (χ3n) is 4.58. The van der Waals surface area contributed by atoms with Crippen LogP contribution in [0.5, 0.6) is 11.5 Å². The number of Topliss-reactive ketones (excluding diaryl/α,β-unsaturated/α-hetero) is 1. The summed E-state index contributed by atoms with van der Waals surface area (Å²) in [6.07, 6.45) is -1.79. The number of carbonyl (C=O) groups is 3. The van der Waals surface area contributed by atoms with E-state index in [2.05, 4.69) is 10.6 Å². The molecule has 3 aromatic rings. The zero-order valence-corrected chi connectivity index (χ0v) is 18.6. The molecule has 9 heteroatoms. The molecule has 0 bridgehead atoms. The van der Waals surface area contributed by atoms with Gasteiger partial charge in [0.1, 0.15) is 23.7 Å². The normalized spacial score (nSPS) is 10.8. The van der Waals surface area contributed by atoms with E-state index >= 15 is 0 Å². The topological polar surface area (TPSA) is 134 Å². The molecule has 0 saturated heterocycles. The van der Waals surface area contributed by atoms with Crippen LogP contribution in [0.15, 0.2) is 72.8 Å². The molecular formula is C25H24N2O7. The van der Waals surface area contributed by atoms with Gasteiger partial charge in [0.25, 0.3) is 0 Å². The van der Waals surface area contributed by atoms with Crippen LogP contribution in [0.1, 0.15) is 29.8 Å². The third kappa shape index (κ3) is 7.07. The number of nitrogens with one attached hydrogen (secondary N) is 2. The molecule has 2 amide bonds. The first-order valence-electron chi connectivity index (χ1n) is 10.3. The van der Waals surface area contributed by atoms with Gasteiger partial charge in [-0.05, 0) is 67.9 Å². The number of amides is 2. The van der Waals surface area contributed by atoms with Crippen LogP contribution in [-0.2, 0) is 11.3 Å². The summed E-state index contributed by atoms with van der Waals surface area (Å²) in [5, 5.41) is 23.4. The van der Waals surface area contributed by atoms with Gasteiger partial charge in [0.2, 0.25) is 0 Å². The minimum Gasteiger partial charge on any atom is -0.465 e. The number of aliphatic hydroxyl groups is 1. The molecule has 0 aliphatic carbocycles. The molecule has 3 rings (SSSR count). The van der Waals surface area contributed by atoms with Crippen LogP contribution in [0, 0.1) is 0 Å². The minimum atomic E-state index is -1.46. The van der Waals surface area contributed by atoms with E-state index in [0.717, 1.165) is 0 Å². The lowest BCUT2D eigenvalue weighted by atomic mass is 9.96. The molecule has 0 aromatic heterocycles. The molecule has 0 spiro atoms. The predicted octanol–water partition coefficient (Wildman–Crippen LogP) is 5.27. The van der Waals surface area contributed by atoms with E-state index in [-0.39, 0.29) is 6.61 Å². The maximum absolute atomic E-state index is 12.1. The molecule has 0 fully saturated rings. The van der Waals surface area contributed by atoms with Crippen molar-refractivity contribution >= 4 is 29.3 Å². The van der Waals surface area contributed by atoms with E-state index in [0.29, 0.717) is 34.0 Å². The fraction of sp³-hybridized carbons (Fsp3) is 0.160. The Hall–Kier alpha value is -4.37. The summed E-state index contributed by atoms with van der Waals surface area (Å²) in [6, 6.07) is 19.5. The second-order valence-corrected chi connectivity index (χ2v) is 7.87. The van der Waals surface area contributed by atoms with Gasteiger partial charge in [-0.1, -0.05) is 24.3 Å². The van der Waals surface area contributed by atoms with Gasteiger partial charge >= 0.3 is 12.2 Å². The van der Waals surface area contributed by atoms with Gasteiger partial charge in [-0.2, -0.15) is 0 Å². The highest BCUT2D eigenvalue weighted by Crippen LogP contribution is 2.24. The van der Waals surface area contributed by atoms with Crippen LogP contribution in [0.2, 0.25) is 0 Å². The molecule has 0 aliphatic rings. The van der Waals surface area contributed by atoms with Crippen molar-refractivity contribution < 1.29 is 34.1 Å². The summed E-state index contributed by atoms with van der Waals surface area (Å²) in [6.45, 7) is 2.86. The smallest absolute Gasteiger partial charge is 0.411 e. The Kier molecular flexibility index (Phi) is 7.50. The highest BCUT2D eigenvalue weighted by molar-refractivity contribution is 6.01. The molecule has 3 aromatic carbocycles. The van der Waals surface area contributed by atoms with Crippen molar-refractivity contribution in [3.8, 4) is 11.5 Å². The minimum absolute atomic E-state index is 0.0107. The van der Waals surface area contributed by atoms with E-state index in [1.54, 1.807) is 72.8 Å². The first kappa shape index (κ1) is 24.3. The lowest BCUT2D eigenvalue weighted by Crippen LogP contribution is -2.31. The second kappa shape index (κ2) is 10.5. The zero-order valence-electron chi connectivity index (χ0n) is 18.6. The van der Waals surface area contributed by atoms with Crippen LogP contribution in [0.4, 0.5) is 21.0 Å². The van der Waals surface area contributed by atoms with E-state index in [9.17, 15) is 19.5 Å². The maximum atomic E-state index is 12.1. The quantitative estimate of drug-likeness (QED) is 0.334. The van der Waals surface area contributed by atoms with Crippen LogP contribution in [0.3, 0.4) is 0 Å². The number of hydrogen-bond acceptors (Lipinski definition) is 6. The summed E-state index contributed by atoms with van der Waals surface area (Å²) >= 11 is 0. The molecule has 0 saturated carbocycles. The number of anilines is 2. The van der Waals surface area contributed by atoms with Crippen molar-refractivity contribution in [2.75, 3.05) is 10.6 Å². The molecule has 34 heavy (non-hydrogen) atoms. The van der Waals surface area contributed by atoms with Crippen molar-refractivity contribution in [2.24, 2.45) is 0 Å². The van der Waals surface area contributed by atoms with E-state index in [1.807, 2.05) is 0 Å². The Morgan fingerprint density at radius 1 is 0.794 bits per heavy atom. The van der Waals surface area contributed by atoms with Gasteiger partial charge in [-0.3, -0.25) is 15.4 Å². The van der Waals surface area contributed by atoms with Gasteiger partial charge in [0, 0.05) is 16.9 Å². The molecule has 0 heterocycles. The van der Waals surface area contributed by atoms with Crippen LogP contribution >= 0.6 is 0 Å². The summed E-state index contributed by atoms with van der Waals surface area (Å²) in [7, 11) is 0. The van der Waals surface area contributed by atoms with Crippen molar-refractivity contribution in [1.29, 1.82) is 0 Å². The fourth-order valence-corrected chi connectivity index (χ4v) is 2.88. The molecule has 4 N–H and O–H groups in total. The first-order valence-corrected chi connectivity index (χ1v) is 10.3. The number of carbonyl (C=O) groups excluding carboxylic acids is 2. The average molecular weight is 464 g/mol. The van der Waals surface area contributed by atoms with Gasteiger partial charge < -0.3 is 19.7 Å². The number of carboxylic acid groups (broad SMARTS) is 1. The third-order valence-corrected chi connectivity index (χ3v) is 4.58. The predicted molar refractivity (Wildman–Crippen MR) is 125 cm³/mol. The summed E-state index contributed by atoms with van der Waals surface area (Å²) in [5.41, 5.74) is 0.537. The van der Waals surface area contributed by atoms with Crippen molar-refractivity contribution in [1.82, 2.24) is 0 Å². The molecule has 176 valence electrons. The SMILES string of the molecule is CC(C)(O)C(=O)c1ccc(COC(=O)Nc2ccc(Oc3ccc(NC(=O)O)cc3)cc2)cc1. The van der Waals surface area contributed by atoms with E-state index < -0.39 is 23.6 Å². The number of hydrogen-bond donors (Lipinski definition) is 4. The Morgan fingerprint density at radius 2 is 1.29 bits per heavy atom. The molecular weight excluding hydrogens is 440 g/mol. The van der Waals surface area contributed by atoms with Crippen molar-refractivity contribution in [3.63, 3.8) is 0 Å². The Bertz CT molecular complexity index is 1150. The number of ketones is 1. The highest BCUT2D eigenvalue weighted by atomic mass is 16.5. The lowest BCUT2D eigenvalue weighted by molar-refractivity contribution is 0.0488. The van der Waals surface area contributed by atoms with Gasteiger partial charge in [-0.15, -0.1) is 0 Å². The largest absolute Gasteiger partial charge is 0.465 e. The number of rotatable bonds is 8. The Morgan fingerprint density at radius 3 is 1.76 bits per heavy atom. The standard InChI is InChI=1S/C25H24N2O7/c1-25(2,32)22(28)17-5-3-16(4-6-17)15-33-24(31)27-19-9-13-21(14-10-19)34-20-11-7-18(8-12-20)26-23(29)30/h3-14,26,32H,15H2,1-2H3,(H,27,31)(H,29,30). The molecule has 0 radical (unpaired) electrons. The monoisotopic (exact) mass is 464 g/mol. The summed E-state index contributed by atoms with van der Waals surface area (Å²) in [5.74, 6) is 0.655. The second-order valence-electron chi connectivity index (χ2n) is 7.87. The Labute approximate surface area is 196 Å². The Balaban J connectivity index is 1.48. The average Bonchev–Trinajstić information content (AvgIpc) is 2.79. The molecule has 0 aliphatic heterocycles. The number of ether oxygens (including phenoxy) is 2. The van der Waals surface area contributed by atoms with Crippen molar-refractivity contribution in [2.45, 2.75) is 26.1 Å². The van der Waals surface area contributed by atoms with Gasteiger partial charge in [0.05, 0.1) is 0 Å². The van der Waals surface area contributed by atoms with Gasteiger partial charge in [0.15, 0.2) is 5.78 Å².